The standard InChI is InChI=1S/C17H15N3O2/c1-20-16(12-15(19-20)13-8-4-2-5-9-13)18-17(21)22-14-10-6-3-7-11-14/h2-12H,1H3,(H,18,21). The van der Waals surface area contributed by atoms with E-state index in [0.717, 1.165) is 11.3 Å². The molecule has 1 N–H and O–H groups in total. The van der Waals surface area contributed by atoms with E-state index in [-0.39, 0.29) is 0 Å². The van der Waals surface area contributed by atoms with E-state index in [1.54, 1.807) is 36.0 Å². The van der Waals surface area contributed by atoms with Crippen LogP contribution in [0.3, 0.4) is 0 Å². The minimum Gasteiger partial charge on any atom is -0.410 e. The summed E-state index contributed by atoms with van der Waals surface area (Å²) in [5, 5.41) is 7.08. The van der Waals surface area contributed by atoms with Crippen molar-refractivity contribution in [2.24, 2.45) is 7.05 Å². The second kappa shape index (κ2) is 6.13. The van der Waals surface area contributed by atoms with Gasteiger partial charge in [-0.3, -0.25) is 10.00 Å². The SMILES string of the molecule is Cn1nc(-c2ccccc2)cc1NC(=O)Oc1ccccc1. The molecule has 1 aromatic heterocycles. The van der Waals surface area contributed by atoms with Gasteiger partial charge in [-0.2, -0.15) is 5.10 Å². The van der Waals surface area contributed by atoms with Crippen LogP contribution in [-0.4, -0.2) is 15.9 Å². The number of aryl methyl sites for hydroxylation is 1. The molecule has 0 saturated carbocycles. The molecule has 2 aromatic carbocycles. The Balaban J connectivity index is 1.73. The van der Waals surface area contributed by atoms with Crippen LogP contribution in [-0.2, 0) is 7.05 Å². The number of nitrogens with one attached hydrogen (secondary N) is 1. The maximum absolute atomic E-state index is 11.9. The molecule has 0 spiro atoms. The van der Waals surface area contributed by atoms with E-state index in [1.165, 1.54) is 0 Å². The lowest BCUT2D eigenvalue weighted by molar-refractivity contribution is 0.215. The van der Waals surface area contributed by atoms with Crippen molar-refractivity contribution in [1.29, 1.82) is 0 Å². The Morgan fingerprint density at radius 2 is 1.68 bits per heavy atom. The summed E-state index contributed by atoms with van der Waals surface area (Å²) in [4.78, 5) is 11.9. The predicted molar refractivity (Wildman–Crippen MR) is 84.7 cm³/mol. The van der Waals surface area contributed by atoms with E-state index in [9.17, 15) is 4.79 Å². The minimum atomic E-state index is -0.547. The molecule has 0 radical (unpaired) electrons. The zero-order chi connectivity index (χ0) is 15.4. The van der Waals surface area contributed by atoms with E-state index in [0.29, 0.717) is 11.6 Å². The highest BCUT2D eigenvalue weighted by molar-refractivity contribution is 5.86. The number of para-hydroxylation sites is 1. The van der Waals surface area contributed by atoms with Crippen LogP contribution in [0, 0.1) is 0 Å². The van der Waals surface area contributed by atoms with Crippen LogP contribution in [0.1, 0.15) is 0 Å². The summed E-state index contributed by atoms with van der Waals surface area (Å²) in [6.07, 6.45) is -0.547. The molecule has 0 aliphatic rings. The second-order valence-corrected chi connectivity index (χ2v) is 4.73. The monoisotopic (exact) mass is 293 g/mol. The van der Waals surface area contributed by atoms with Gasteiger partial charge in [-0.15, -0.1) is 0 Å². The number of hydrogen-bond donors (Lipinski definition) is 1. The molecule has 0 aliphatic carbocycles. The molecule has 0 bridgehead atoms. The first-order chi connectivity index (χ1) is 10.7. The van der Waals surface area contributed by atoms with E-state index in [2.05, 4.69) is 10.4 Å². The number of amides is 1. The van der Waals surface area contributed by atoms with Gasteiger partial charge < -0.3 is 4.74 Å². The molecular weight excluding hydrogens is 278 g/mol. The Bertz CT molecular complexity index is 767. The Morgan fingerprint density at radius 1 is 1.05 bits per heavy atom. The number of aromatic nitrogens is 2. The fourth-order valence-electron chi connectivity index (χ4n) is 2.06. The quantitative estimate of drug-likeness (QED) is 0.801. The van der Waals surface area contributed by atoms with Gasteiger partial charge in [0.15, 0.2) is 0 Å². The van der Waals surface area contributed by atoms with Gasteiger partial charge in [0, 0.05) is 18.7 Å². The van der Waals surface area contributed by atoms with Crippen LogP contribution in [0.15, 0.2) is 66.7 Å². The zero-order valence-corrected chi connectivity index (χ0v) is 12.1. The van der Waals surface area contributed by atoms with Gasteiger partial charge in [-0.25, -0.2) is 4.79 Å². The molecule has 0 aliphatic heterocycles. The average molecular weight is 293 g/mol. The highest BCUT2D eigenvalue weighted by Crippen LogP contribution is 2.21. The third-order valence-electron chi connectivity index (χ3n) is 3.13. The number of nitrogens with zero attached hydrogens (tertiary/aromatic N) is 2. The molecular formula is C17H15N3O2. The van der Waals surface area contributed by atoms with E-state index in [1.807, 2.05) is 42.5 Å². The highest BCUT2D eigenvalue weighted by atomic mass is 16.6. The summed E-state index contributed by atoms with van der Waals surface area (Å²) in [5.74, 6) is 1.06. The van der Waals surface area contributed by atoms with Crippen LogP contribution >= 0.6 is 0 Å². The predicted octanol–water partition coefficient (Wildman–Crippen LogP) is 3.70. The fourth-order valence-corrected chi connectivity index (χ4v) is 2.06. The van der Waals surface area contributed by atoms with E-state index >= 15 is 0 Å². The van der Waals surface area contributed by atoms with Crippen LogP contribution in [0.25, 0.3) is 11.3 Å². The van der Waals surface area contributed by atoms with Gasteiger partial charge in [0.1, 0.15) is 11.6 Å². The molecule has 1 heterocycles. The maximum Gasteiger partial charge on any atom is 0.418 e. The van der Waals surface area contributed by atoms with Gasteiger partial charge >= 0.3 is 6.09 Å². The van der Waals surface area contributed by atoms with Crippen LogP contribution in [0.5, 0.6) is 5.75 Å². The lowest BCUT2D eigenvalue weighted by atomic mass is 10.2. The minimum absolute atomic E-state index is 0.491. The van der Waals surface area contributed by atoms with Crippen molar-refractivity contribution >= 4 is 11.9 Å². The van der Waals surface area contributed by atoms with Gasteiger partial charge in [-0.05, 0) is 12.1 Å². The molecule has 110 valence electrons. The first kappa shape index (κ1) is 13.9. The number of anilines is 1. The van der Waals surface area contributed by atoms with Crippen molar-refractivity contribution in [3.63, 3.8) is 0 Å². The Kier molecular flexibility index (Phi) is 3.87. The molecule has 1 amide bonds. The van der Waals surface area contributed by atoms with Gasteiger partial charge in [0.2, 0.25) is 0 Å². The third kappa shape index (κ3) is 3.15. The molecule has 0 atom stereocenters. The molecule has 3 aromatic rings. The van der Waals surface area contributed by atoms with Crippen molar-refractivity contribution < 1.29 is 9.53 Å². The summed E-state index contributed by atoms with van der Waals surface area (Å²) < 4.78 is 6.80. The maximum atomic E-state index is 11.9. The Labute approximate surface area is 128 Å². The van der Waals surface area contributed by atoms with E-state index in [4.69, 9.17) is 4.74 Å². The molecule has 22 heavy (non-hydrogen) atoms. The van der Waals surface area contributed by atoms with Gasteiger partial charge in [0.05, 0.1) is 5.69 Å². The average Bonchev–Trinajstić information content (AvgIpc) is 2.90. The topological polar surface area (TPSA) is 56.2 Å². The smallest absolute Gasteiger partial charge is 0.410 e. The van der Waals surface area contributed by atoms with Crippen molar-refractivity contribution in [2.45, 2.75) is 0 Å². The van der Waals surface area contributed by atoms with Crippen molar-refractivity contribution in [3.8, 4) is 17.0 Å². The number of ether oxygens (including phenoxy) is 1. The summed E-state index contributed by atoms with van der Waals surface area (Å²) in [6.45, 7) is 0. The largest absolute Gasteiger partial charge is 0.418 e. The Morgan fingerprint density at radius 3 is 2.36 bits per heavy atom. The summed E-state index contributed by atoms with van der Waals surface area (Å²) >= 11 is 0. The van der Waals surface area contributed by atoms with Crippen LogP contribution in [0.4, 0.5) is 10.6 Å². The molecule has 3 rings (SSSR count). The first-order valence-electron chi connectivity index (χ1n) is 6.86. The zero-order valence-electron chi connectivity index (χ0n) is 12.1. The lowest BCUT2D eigenvalue weighted by Crippen LogP contribution is -2.18. The molecule has 0 unspecified atom stereocenters. The molecule has 0 saturated heterocycles. The third-order valence-corrected chi connectivity index (χ3v) is 3.13. The normalized spacial score (nSPS) is 10.2. The summed E-state index contributed by atoms with van der Waals surface area (Å²) in [6, 6.07) is 20.5. The molecule has 0 fully saturated rings. The van der Waals surface area contributed by atoms with Gasteiger partial charge in [0.25, 0.3) is 0 Å². The first-order valence-corrected chi connectivity index (χ1v) is 6.86. The van der Waals surface area contributed by atoms with Gasteiger partial charge in [-0.1, -0.05) is 48.5 Å². The number of carbonyl (C=O) groups is 1. The number of carbonyl (C=O) groups excluding carboxylic acids is 1. The number of rotatable bonds is 3. The summed E-state index contributed by atoms with van der Waals surface area (Å²) in [5.41, 5.74) is 1.78. The second-order valence-electron chi connectivity index (χ2n) is 4.73. The number of benzene rings is 2. The summed E-state index contributed by atoms with van der Waals surface area (Å²) in [7, 11) is 1.77. The number of hydrogen-bond acceptors (Lipinski definition) is 3. The van der Waals surface area contributed by atoms with E-state index < -0.39 is 6.09 Å². The molecule has 5 nitrogen and oxygen atoms in total. The highest BCUT2D eigenvalue weighted by Gasteiger charge is 2.11. The van der Waals surface area contributed by atoms with Crippen molar-refractivity contribution in [2.75, 3.05) is 5.32 Å². The molecule has 5 heteroatoms. The fraction of sp³-hybridized carbons (Fsp3) is 0.0588. The van der Waals surface area contributed by atoms with Crippen LogP contribution < -0.4 is 10.1 Å². The Hall–Kier alpha value is -3.08. The lowest BCUT2D eigenvalue weighted by Gasteiger charge is -2.05. The van der Waals surface area contributed by atoms with Crippen molar-refractivity contribution in [3.05, 3.63) is 66.7 Å². The van der Waals surface area contributed by atoms with Crippen LogP contribution in [0.2, 0.25) is 0 Å². The van der Waals surface area contributed by atoms with Crippen molar-refractivity contribution in [1.82, 2.24) is 9.78 Å².